The number of rotatable bonds is 5. The van der Waals surface area contributed by atoms with Crippen molar-refractivity contribution in [1.29, 1.82) is 0 Å². The highest BCUT2D eigenvalue weighted by Gasteiger charge is 2.17. The predicted octanol–water partition coefficient (Wildman–Crippen LogP) is 4.11. The minimum atomic E-state index is -3.68. The van der Waals surface area contributed by atoms with Crippen LogP contribution in [0.15, 0.2) is 70.3 Å². The second-order valence-corrected chi connectivity index (χ2v) is 8.26. The molecule has 0 aliphatic rings. The number of nitrogens with one attached hydrogen (secondary N) is 2. The lowest BCUT2D eigenvalue weighted by molar-refractivity contribution is 0.102. The normalized spacial score (nSPS) is 11.1. The smallest absolute Gasteiger partial charge is 0.271 e. The van der Waals surface area contributed by atoms with Crippen molar-refractivity contribution < 1.29 is 13.2 Å². The molecular formula is C18H16N2O3S2. The fourth-order valence-electron chi connectivity index (χ4n) is 2.27. The maximum Gasteiger partial charge on any atom is 0.271 e. The molecule has 0 aliphatic carbocycles. The van der Waals surface area contributed by atoms with Gasteiger partial charge >= 0.3 is 0 Å². The van der Waals surface area contributed by atoms with Crippen molar-refractivity contribution in [2.45, 2.75) is 11.1 Å². The second-order valence-electron chi connectivity index (χ2n) is 5.41. The molecule has 0 radical (unpaired) electrons. The molecule has 0 bridgehead atoms. The number of hydrogen-bond acceptors (Lipinski definition) is 4. The lowest BCUT2D eigenvalue weighted by Gasteiger charge is -2.13. The first-order chi connectivity index (χ1) is 12.0. The maximum absolute atomic E-state index is 12.4. The van der Waals surface area contributed by atoms with E-state index in [1.165, 1.54) is 6.07 Å². The molecule has 0 saturated carbocycles. The number of para-hydroxylation sites is 2. The third kappa shape index (κ3) is 4.07. The average molecular weight is 372 g/mol. The summed E-state index contributed by atoms with van der Waals surface area (Å²) in [6.45, 7) is 1.90. The molecule has 7 heteroatoms. The lowest BCUT2D eigenvalue weighted by Crippen LogP contribution is -2.16. The summed E-state index contributed by atoms with van der Waals surface area (Å²) in [6.07, 6.45) is 0. The van der Waals surface area contributed by atoms with E-state index < -0.39 is 10.0 Å². The summed E-state index contributed by atoms with van der Waals surface area (Å²) in [4.78, 5) is 12.4. The minimum Gasteiger partial charge on any atom is -0.320 e. The number of sulfonamides is 1. The van der Waals surface area contributed by atoms with Gasteiger partial charge in [0, 0.05) is 5.56 Å². The number of carbonyl (C=O) groups excluding carboxylic acids is 1. The van der Waals surface area contributed by atoms with Crippen LogP contribution in [0.4, 0.5) is 11.4 Å². The molecule has 0 fully saturated rings. The summed E-state index contributed by atoms with van der Waals surface area (Å²) in [5.74, 6) is -0.300. The Labute approximate surface area is 150 Å². The maximum atomic E-state index is 12.4. The zero-order chi connectivity index (χ0) is 17.9. The molecule has 1 aromatic heterocycles. The quantitative estimate of drug-likeness (QED) is 0.708. The molecule has 0 spiro atoms. The Morgan fingerprint density at radius 1 is 0.960 bits per heavy atom. The number of benzene rings is 2. The van der Waals surface area contributed by atoms with Crippen LogP contribution in [0.3, 0.4) is 0 Å². The van der Waals surface area contributed by atoms with Crippen LogP contribution in [0, 0.1) is 6.92 Å². The topological polar surface area (TPSA) is 75.3 Å². The Balaban J connectivity index is 1.85. The molecule has 1 amide bonds. The molecule has 5 nitrogen and oxygen atoms in total. The molecule has 0 unspecified atom stereocenters. The van der Waals surface area contributed by atoms with Gasteiger partial charge in [0.05, 0.1) is 11.4 Å². The van der Waals surface area contributed by atoms with Crippen LogP contribution in [0.5, 0.6) is 0 Å². The highest BCUT2D eigenvalue weighted by molar-refractivity contribution is 7.94. The van der Waals surface area contributed by atoms with Crippen molar-refractivity contribution in [3.63, 3.8) is 0 Å². The second kappa shape index (κ2) is 7.08. The van der Waals surface area contributed by atoms with Gasteiger partial charge in [0.15, 0.2) is 0 Å². The zero-order valence-corrected chi connectivity index (χ0v) is 15.0. The van der Waals surface area contributed by atoms with Crippen LogP contribution in [-0.4, -0.2) is 14.3 Å². The van der Waals surface area contributed by atoms with Crippen LogP contribution in [0.2, 0.25) is 0 Å². The molecule has 25 heavy (non-hydrogen) atoms. The van der Waals surface area contributed by atoms with Gasteiger partial charge in [0.2, 0.25) is 0 Å². The van der Waals surface area contributed by atoms with Gasteiger partial charge in [0.25, 0.3) is 15.9 Å². The van der Waals surface area contributed by atoms with E-state index in [1.54, 1.807) is 53.9 Å². The van der Waals surface area contributed by atoms with Gasteiger partial charge < -0.3 is 5.32 Å². The van der Waals surface area contributed by atoms with Gasteiger partial charge in [0.1, 0.15) is 4.21 Å². The molecule has 2 N–H and O–H groups in total. The minimum absolute atomic E-state index is 0.215. The zero-order valence-electron chi connectivity index (χ0n) is 13.4. The molecule has 0 atom stereocenters. The summed E-state index contributed by atoms with van der Waals surface area (Å²) in [6, 6.07) is 17.1. The number of amides is 1. The van der Waals surface area contributed by atoms with Crippen molar-refractivity contribution in [3.05, 3.63) is 77.2 Å². The largest absolute Gasteiger partial charge is 0.320 e. The van der Waals surface area contributed by atoms with Crippen LogP contribution < -0.4 is 10.0 Å². The molecule has 3 rings (SSSR count). The highest BCUT2D eigenvalue weighted by atomic mass is 32.2. The van der Waals surface area contributed by atoms with E-state index in [0.717, 1.165) is 16.9 Å². The van der Waals surface area contributed by atoms with Gasteiger partial charge in [-0.05, 0) is 42.6 Å². The first-order valence-electron chi connectivity index (χ1n) is 7.49. The van der Waals surface area contributed by atoms with E-state index in [1.807, 2.05) is 13.0 Å². The van der Waals surface area contributed by atoms with Gasteiger partial charge in [-0.15, -0.1) is 11.3 Å². The third-order valence-electron chi connectivity index (χ3n) is 3.46. The Kier molecular flexibility index (Phi) is 4.87. The molecular weight excluding hydrogens is 356 g/mol. The van der Waals surface area contributed by atoms with E-state index in [4.69, 9.17) is 0 Å². The molecule has 2 aromatic carbocycles. The van der Waals surface area contributed by atoms with Crippen molar-refractivity contribution in [1.82, 2.24) is 0 Å². The van der Waals surface area contributed by atoms with Gasteiger partial charge in [-0.1, -0.05) is 35.9 Å². The summed E-state index contributed by atoms with van der Waals surface area (Å²) in [7, 11) is -3.68. The standard InChI is InChI=1S/C18H16N2O3S2/c1-13-6-4-7-14(12-13)18(21)19-15-8-2-3-9-16(15)20-25(22,23)17-10-5-11-24-17/h2-12,20H,1H3,(H,19,21). The molecule has 3 aromatic rings. The number of aryl methyl sites for hydroxylation is 1. The first-order valence-corrected chi connectivity index (χ1v) is 9.85. The summed E-state index contributed by atoms with van der Waals surface area (Å²) in [5.41, 5.74) is 2.20. The van der Waals surface area contributed by atoms with Crippen molar-refractivity contribution in [2.24, 2.45) is 0 Å². The first kappa shape index (κ1) is 17.2. The van der Waals surface area contributed by atoms with E-state index >= 15 is 0 Å². The molecule has 1 heterocycles. The molecule has 0 aliphatic heterocycles. The van der Waals surface area contributed by atoms with Crippen LogP contribution >= 0.6 is 11.3 Å². The van der Waals surface area contributed by atoms with E-state index in [9.17, 15) is 13.2 Å². The van der Waals surface area contributed by atoms with E-state index in [-0.39, 0.29) is 10.1 Å². The monoisotopic (exact) mass is 372 g/mol. The third-order valence-corrected chi connectivity index (χ3v) is 6.22. The average Bonchev–Trinajstić information content (AvgIpc) is 3.12. The fourth-order valence-corrected chi connectivity index (χ4v) is 4.35. The van der Waals surface area contributed by atoms with Gasteiger partial charge in [-0.25, -0.2) is 8.42 Å². The Bertz CT molecular complexity index is 997. The molecule has 0 saturated heterocycles. The summed E-state index contributed by atoms with van der Waals surface area (Å²) in [5, 5.41) is 4.45. The SMILES string of the molecule is Cc1cccc(C(=O)Nc2ccccc2NS(=O)(=O)c2cccs2)c1. The molecule has 128 valence electrons. The lowest BCUT2D eigenvalue weighted by atomic mass is 10.1. The summed E-state index contributed by atoms with van der Waals surface area (Å²) < 4.78 is 27.5. The van der Waals surface area contributed by atoms with E-state index in [2.05, 4.69) is 10.0 Å². The van der Waals surface area contributed by atoms with Gasteiger partial charge in [-0.2, -0.15) is 0 Å². The highest BCUT2D eigenvalue weighted by Crippen LogP contribution is 2.26. The Hall–Kier alpha value is -2.64. The Morgan fingerprint density at radius 3 is 2.40 bits per heavy atom. The van der Waals surface area contributed by atoms with Crippen molar-refractivity contribution in [3.8, 4) is 0 Å². The fraction of sp³-hybridized carbons (Fsp3) is 0.0556. The Morgan fingerprint density at radius 2 is 1.72 bits per heavy atom. The van der Waals surface area contributed by atoms with Gasteiger partial charge in [-0.3, -0.25) is 9.52 Å². The number of thiophene rings is 1. The van der Waals surface area contributed by atoms with Crippen molar-refractivity contribution >= 4 is 38.6 Å². The van der Waals surface area contributed by atoms with E-state index in [0.29, 0.717) is 16.9 Å². The number of anilines is 2. The van der Waals surface area contributed by atoms with Crippen LogP contribution in [0.1, 0.15) is 15.9 Å². The summed E-state index contributed by atoms with van der Waals surface area (Å²) >= 11 is 1.13. The number of hydrogen-bond donors (Lipinski definition) is 2. The van der Waals surface area contributed by atoms with Crippen molar-refractivity contribution in [2.75, 3.05) is 10.0 Å². The predicted molar refractivity (Wildman–Crippen MR) is 101 cm³/mol. The van der Waals surface area contributed by atoms with Crippen LogP contribution in [-0.2, 0) is 10.0 Å². The number of carbonyl (C=O) groups is 1. The van der Waals surface area contributed by atoms with Crippen LogP contribution in [0.25, 0.3) is 0 Å².